The molecule has 4 heteroatoms. The molecule has 1 heterocycles. The van der Waals surface area contributed by atoms with Crippen LogP contribution in [0.5, 0.6) is 0 Å². The Balaban J connectivity index is 2.11. The van der Waals surface area contributed by atoms with Crippen molar-refractivity contribution in [3.63, 3.8) is 0 Å². The predicted molar refractivity (Wildman–Crippen MR) is 88.9 cm³/mol. The van der Waals surface area contributed by atoms with Crippen LogP contribution in [0, 0.1) is 0 Å². The second-order valence-electron chi connectivity index (χ2n) is 4.65. The van der Waals surface area contributed by atoms with Crippen LogP contribution in [0.2, 0.25) is 0 Å². The van der Waals surface area contributed by atoms with Gasteiger partial charge in [-0.3, -0.25) is 0 Å². The maximum absolute atomic E-state index is 12.2. The average Bonchev–Trinajstić information content (AvgIpc) is 3.02. The van der Waals surface area contributed by atoms with Crippen molar-refractivity contribution in [1.29, 1.82) is 0 Å². The summed E-state index contributed by atoms with van der Waals surface area (Å²) in [6.45, 7) is 2.13. The van der Waals surface area contributed by atoms with Crippen LogP contribution in [0.3, 0.4) is 0 Å². The van der Waals surface area contributed by atoms with Crippen molar-refractivity contribution >= 4 is 17.3 Å². The number of carbonyl (C=O) groups excluding carboxylic acids is 1. The van der Waals surface area contributed by atoms with Gasteiger partial charge in [0.15, 0.2) is 5.69 Å². The van der Waals surface area contributed by atoms with Crippen molar-refractivity contribution in [2.75, 3.05) is 6.61 Å². The Morgan fingerprint density at radius 2 is 1.59 bits per heavy atom. The van der Waals surface area contributed by atoms with Gasteiger partial charge in [-0.15, -0.1) is 11.3 Å². The normalized spacial score (nSPS) is 10.4. The molecular weight excluding hydrogens is 294 g/mol. The van der Waals surface area contributed by atoms with Crippen LogP contribution >= 0.6 is 11.3 Å². The Hall–Kier alpha value is -2.46. The molecule has 3 rings (SSSR count). The van der Waals surface area contributed by atoms with E-state index in [1.54, 1.807) is 6.92 Å². The van der Waals surface area contributed by atoms with E-state index in [4.69, 9.17) is 4.74 Å². The van der Waals surface area contributed by atoms with Crippen molar-refractivity contribution in [1.82, 2.24) is 4.98 Å². The molecule has 3 nitrogen and oxygen atoms in total. The minimum atomic E-state index is -0.375. The first-order valence-corrected chi connectivity index (χ1v) is 7.90. The van der Waals surface area contributed by atoms with Gasteiger partial charge in [-0.25, -0.2) is 9.78 Å². The first-order valence-electron chi connectivity index (χ1n) is 7.08. The molecule has 0 fully saturated rings. The number of hydrogen-bond donors (Lipinski definition) is 0. The lowest BCUT2D eigenvalue weighted by molar-refractivity contribution is 0.0521. The zero-order valence-electron chi connectivity index (χ0n) is 12.2. The molecule has 0 saturated heterocycles. The quantitative estimate of drug-likeness (QED) is 0.658. The van der Waals surface area contributed by atoms with Crippen LogP contribution in [0.15, 0.2) is 60.7 Å². The minimum Gasteiger partial charge on any atom is -0.461 e. The van der Waals surface area contributed by atoms with Gasteiger partial charge in [0.2, 0.25) is 0 Å². The van der Waals surface area contributed by atoms with Gasteiger partial charge in [0.25, 0.3) is 0 Å². The average molecular weight is 309 g/mol. The van der Waals surface area contributed by atoms with Gasteiger partial charge in [0, 0.05) is 5.56 Å². The molecule has 110 valence electrons. The van der Waals surface area contributed by atoms with Gasteiger partial charge in [-0.1, -0.05) is 60.7 Å². The van der Waals surface area contributed by atoms with Crippen LogP contribution in [-0.2, 0) is 4.74 Å². The number of hydrogen-bond acceptors (Lipinski definition) is 4. The third-order valence-electron chi connectivity index (χ3n) is 3.15. The molecule has 1 aromatic heterocycles. The second kappa shape index (κ2) is 6.54. The van der Waals surface area contributed by atoms with Crippen LogP contribution in [0.25, 0.3) is 21.0 Å². The number of ether oxygens (including phenoxy) is 1. The number of benzene rings is 2. The molecule has 0 atom stereocenters. The van der Waals surface area contributed by atoms with Crippen molar-refractivity contribution in [3.8, 4) is 21.0 Å². The Kier molecular flexibility index (Phi) is 4.30. The van der Waals surface area contributed by atoms with Gasteiger partial charge in [-0.2, -0.15) is 0 Å². The van der Waals surface area contributed by atoms with E-state index in [0.717, 1.165) is 21.0 Å². The zero-order chi connectivity index (χ0) is 15.4. The Bertz CT molecular complexity index is 766. The summed E-state index contributed by atoms with van der Waals surface area (Å²) < 4.78 is 5.14. The highest BCUT2D eigenvalue weighted by Crippen LogP contribution is 2.35. The predicted octanol–water partition coefficient (Wildman–Crippen LogP) is 4.65. The highest BCUT2D eigenvalue weighted by Gasteiger charge is 2.21. The largest absolute Gasteiger partial charge is 0.461 e. The van der Waals surface area contributed by atoms with Crippen molar-refractivity contribution in [2.24, 2.45) is 0 Å². The summed E-state index contributed by atoms with van der Waals surface area (Å²) in [7, 11) is 0. The molecule has 22 heavy (non-hydrogen) atoms. The van der Waals surface area contributed by atoms with E-state index in [1.807, 2.05) is 60.7 Å². The van der Waals surface area contributed by atoms with Gasteiger partial charge >= 0.3 is 5.97 Å². The zero-order valence-corrected chi connectivity index (χ0v) is 13.0. The third-order valence-corrected chi connectivity index (χ3v) is 4.31. The van der Waals surface area contributed by atoms with E-state index in [9.17, 15) is 4.79 Å². The van der Waals surface area contributed by atoms with E-state index in [1.165, 1.54) is 11.3 Å². The fourth-order valence-corrected chi connectivity index (χ4v) is 3.21. The number of thiazole rings is 1. The lowest BCUT2D eigenvalue weighted by Gasteiger charge is -2.01. The molecule has 0 amide bonds. The smallest absolute Gasteiger partial charge is 0.358 e. The molecular formula is C18H15NO2S. The van der Waals surface area contributed by atoms with E-state index < -0.39 is 0 Å². The maximum atomic E-state index is 12.2. The molecule has 0 aliphatic heterocycles. The lowest BCUT2D eigenvalue weighted by atomic mass is 10.1. The van der Waals surface area contributed by atoms with E-state index in [-0.39, 0.29) is 5.97 Å². The second-order valence-corrected chi connectivity index (χ2v) is 5.65. The first kappa shape index (κ1) is 14.5. The number of carbonyl (C=O) groups is 1. The molecule has 0 aliphatic rings. The van der Waals surface area contributed by atoms with Crippen LogP contribution in [-0.4, -0.2) is 17.6 Å². The summed E-state index contributed by atoms with van der Waals surface area (Å²) in [5.74, 6) is -0.375. The molecule has 0 saturated carbocycles. The standard InChI is InChI=1S/C18H15NO2S/c1-2-21-18(20)15-16(13-9-5-3-6-10-13)22-17(19-15)14-11-7-4-8-12-14/h3-12H,2H2,1H3. The van der Waals surface area contributed by atoms with Crippen LogP contribution in [0.1, 0.15) is 17.4 Å². The highest BCUT2D eigenvalue weighted by atomic mass is 32.1. The van der Waals surface area contributed by atoms with Crippen molar-refractivity contribution in [2.45, 2.75) is 6.92 Å². The van der Waals surface area contributed by atoms with Crippen molar-refractivity contribution < 1.29 is 9.53 Å². The Morgan fingerprint density at radius 1 is 1.00 bits per heavy atom. The fourth-order valence-electron chi connectivity index (χ4n) is 2.15. The number of esters is 1. The monoisotopic (exact) mass is 309 g/mol. The van der Waals surface area contributed by atoms with E-state index in [2.05, 4.69) is 4.98 Å². The topological polar surface area (TPSA) is 39.2 Å². The van der Waals surface area contributed by atoms with Gasteiger partial charge in [-0.05, 0) is 12.5 Å². The molecule has 0 bridgehead atoms. The molecule has 0 unspecified atom stereocenters. The summed E-state index contributed by atoms with van der Waals surface area (Å²) in [5.41, 5.74) is 2.36. The van der Waals surface area contributed by atoms with E-state index >= 15 is 0 Å². The number of aromatic nitrogens is 1. The minimum absolute atomic E-state index is 0.339. The molecule has 3 aromatic rings. The summed E-state index contributed by atoms with van der Waals surface area (Å²) >= 11 is 1.51. The first-order chi connectivity index (χ1) is 10.8. The molecule has 2 aromatic carbocycles. The SMILES string of the molecule is CCOC(=O)c1nc(-c2ccccc2)sc1-c1ccccc1. The molecule has 0 radical (unpaired) electrons. The fraction of sp³-hybridized carbons (Fsp3) is 0.111. The van der Waals surface area contributed by atoms with Crippen LogP contribution < -0.4 is 0 Å². The number of rotatable bonds is 4. The summed E-state index contributed by atoms with van der Waals surface area (Å²) in [6.07, 6.45) is 0. The Labute approximate surface area is 133 Å². The van der Waals surface area contributed by atoms with Gasteiger partial charge in [0.05, 0.1) is 11.5 Å². The highest BCUT2D eigenvalue weighted by molar-refractivity contribution is 7.18. The van der Waals surface area contributed by atoms with Gasteiger partial charge < -0.3 is 4.74 Å². The molecule has 0 spiro atoms. The lowest BCUT2D eigenvalue weighted by Crippen LogP contribution is -2.06. The molecule has 0 N–H and O–H groups in total. The van der Waals surface area contributed by atoms with E-state index in [0.29, 0.717) is 12.3 Å². The summed E-state index contributed by atoms with van der Waals surface area (Å²) in [5, 5.41) is 0.822. The number of nitrogens with zero attached hydrogens (tertiary/aromatic N) is 1. The van der Waals surface area contributed by atoms with Gasteiger partial charge in [0.1, 0.15) is 5.01 Å². The van der Waals surface area contributed by atoms with Crippen LogP contribution in [0.4, 0.5) is 0 Å². The van der Waals surface area contributed by atoms with Crippen molar-refractivity contribution in [3.05, 3.63) is 66.4 Å². The third kappa shape index (κ3) is 2.92. The Morgan fingerprint density at radius 3 is 2.18 bits per heavy atom. The maximum Gasteiger partial charge on any atom is 0.358 e. The molecule has 0 aliphatic carbocycles. The summed E-state index contributed by atoms with van der Waals surface area (Å²) in [6, 6.07) is 19.7. The summed E-state index contributed by atoms with van der Waals surface area (Å²) in [4.78, 5) is 17.6.